The van der Waals surface area contributed by atoms with Gasteiger partial charge < -0.3 is 5.11 Å². The number of carbonyl (C=O) groups excluding carboxylic acids is 2. The molecule has 4 heteroatoms. The molecule has 0 radical (unpaired) electrons. The Morgan fingerprint density at radius 3 is 2.06 bits per heavy atom. The van der Waals surface area contributed by atoms with Gasteiger partial charge in [0.2, 0.25) is 5.78 Å². The lowest BCUT2D eigenvalue weighted by atomic mass is 9.87. The van der Waals surface area contributed by atoms with Crippen LogP contribution < -0.4 is 0 Å². The number of hydrogen-bond donors (Lipinski definition) is 1. The minimum atomic E-state index is -0.877. The lowest BCUT2D eigenvalue weighted by molar-refractivity contribution is -0.116. The highest BCUT2D eigenvalue weighted by atomic mass is 35.5. The number of ketones is 2. The number of carbonyl (C=O) groups is 2. The maximum absolute atomic E-state index is 12.0. The third kappa shape index (κ3) is 3.05. The first kappa shape index (κ1) is 14.1. The summed E-state index contributed by atoms with van der Waals surface area (Å²) in [6.07, 6.45) is 0.710. The van der Waals surface area contributed by atoms with Crippen molar-refractivity contribution >= 4 is 23.2 Å². The first-order chi connectivity index (χ1) is 7.65. The molecule has 1 aliphatic carbocycles. The molecule has 3 nitrogen and oxygen atoms in total. The molecule has 0 amide bonds. The third-order valence-electron chi connectivity index (χ3n) is 2.97. The number of rotatable bonds is 3. The van der Waals surface area contributed by atoms with Gasteiger partial charge >= 0.3 is 0 Å². The molecule has 0 saturated heterocycles. The minimum absolute atomic E-state index is 0.00218. The van der Waals surface area contributed by atoms with Gasteiger partial charge in [-0.15, -0.1) is 0 Å². The second-order valence-electron chi connectivity index (χ2n) is 5.01. The first-order valence-corrected chi connectivity index (χ1v) is 5.91. The Morgan fingerprint density at radius 2 is 1.59 bits per heavy atom. The SMILES string of the molecule is CC1=C(C)C(=O)C(CCC(C)(C)O)=C(Cl)C1=O. The van der Waals surface area contributed by atoms with Crippen molar-refractivity contribution in [3.05, 3.63) is 21.8 Å². The van der Waals surface area contributed by atoms with Crippen molar-refractivity contribution in [2.24, 2.45) is 0 Å². The molecule has 0 heterocycles. The predicted octanol–water partition coefficient (Wildman–Crippen LogP) is 2.52. The zero-order valence-electron chi connectivity index (χ0n) is 10.6. The van der Waals surface area contributed by atoms with Crippen LogP contribution in [0.5, 0.6) is 0 Å². The Morgan fingerprint density at radius 1 is 1.12 bits per heavy atom. The molecule has 0 atom stereocenters. The summed E-state index contributed by atoms with van der Waals surface area (Å²) >= 11 is 5.91. The lowest BCUT2D eigenvalue weighted by Gasteiger charge is -2.21. The van der Waals surface area contributed by atoms with Gasteiger partial charge in [-0.25, -0.2) is 0 Å². The summed E-state index contributed by atoms with van der Waals surface area (Å²) in [7, 11) is 0. The van der Waals surface area contributed by atoms with Crippen molar-refractivity contribution in [3.8, 4) is 0 Å². The molecular formula is C13H17ClO3. The Kier molecular flexibility index (Phi) is 3.95. The molecule has 0 spiro atoms. The fourth-order valence-corrected chi connectivity index (χ4v) is 1.94. The van der Waals surface area contributed by atoms with Crippen LogP contribution in [0.1, 0.15) is 40.5 Å². The number of hydrogen-bond acceptors (Lipinski definition) is 3. The van der Waals surface area contributed by atoms with E-state index in [9.17, 15) is 14.7 Å². The summed E-state index contributed by atoms with van der Waals surface area (Å²) in [5, 5.41) is 9.63. The molecule has 0 aromatic rings. The number of Topliss-reactive ketones (excluding diaryl/α,β-unsaturated/α-hetero) is 2. The van der Waals surface area contributed by atoms with Gasteiger partial charge in [0.05, 0.1) is 10.6 Å². The molecule has 94 valence electrons. The number of allylic oxidation sites excluding steroid dienone is 4. The summed E-state index contributed by atoms with van der Waals surface area (Å²) in [4.78, 5) is 23.7. The van der Waals surface area contributed by atoms with Crippen LogP contribution in [0.25, 0.3) is 0 Å². The van der Waals surface area contributed by atoms with Crippen molar-refractivity contribution in [1.82, 2.24) is 0 Å². The van der Waals surface area contributed by atoms with E-state index in [0.717, 1.165) is 0 Å². The van der Waals surface area contributed by atoms with E-state index in [4.69, 9.17) is 11.6 Å². The number of halogens is 1. The zero-order chi connectivity index (χ0) is 13.4. The van der Waals surface area contributed by atoms with Gasteiger partial charge in [-0.3, -0.25) is 9.59 Å². The lowest BCUT2D eigenvalue weighted by Crippen LogP contribution is -2.23. The monoisotopic (exact) mass is 256 g/mol. The molecule has 0 unspecified atom stereocenters. The van der Waals surface area contributed by atoms with Crippen molar-refractivity contribution < 1.29 is 14.7 Å². The smallest absolute Gasteiger partial charge is 0.200 e. The third-order valence-corrected chi connectivity index (χ3v) is 3.37. The molecule has 0 aromatic heterocycles. The Labute approximate surface area is 106 Å². The van der Waals surface area contributed by atoms with Gasteiger partial charge in [0.25, 0.3) is 0 Å². The van der Waals surface area contributed by atoms with E-state index in [-0.39, 0.29) is 16.6 Å². The van der Waals surface area contributed by atoms with Crippen molar-refractivity contribution in [1.29, 1.82) is 0 Å². The van der Waals surface area contributed by atoms with Crippen molar-refractivity contribution in [3.63, 3.8) is 0 Å². The molecule has 0 aliphatic heterocycles. The maximum Gasteiger partial charge on any atom is 0.200 e. The molecule has 0 bridgehead atoms. The first-order valence-electron chi connectivity index (χ1n) is 5.53. The largest absolute Gasteiger partial charge is 0.390 e. The van der Waals surface area contributed by atoms with Crippen LogP contribution >= 0.6 is 11.6 Å². The highest BCUT2D eigenvalue weighted by Crippen LogP contribution is 2.30. The quantitative estimate of drug-likeness (QED) is 0.790. The van der Waals surface area contributed by atoms with E-state index < -0.39 is 5.60 Å². The average Bonchev–Trinajstić information content (AvgIpc) is 2.22. The van der Waals surface area contributed by atoms with Crippen LogP contribution in [-0.2, 0) is 9.59 Å². The second-order valence-corrected chi connectivity index (χ2v) is 5.39. The van der Waals surface area contributed by atoms with Crippen LogP contribution in [0.2, 0.25) is 0 Å². The van der Waals surface area contributed by atoms with Gasteiger partial charge in [0.1, 0.15) is 0 Å². The van der Waals surface area contributed by atoms with E-state index in [0.29, 0.717) is 29.6 Å². The van der Waals surface area contributed by atoms with E-state index in [2.05, 4.69) is 0 Å². The molecular weight excluding hydrogens is 240 g/mol. The van der Waals surface area contributed by atoms with Crippen LogP contribution in [-0.4, -0.2) is 22.3 Å². The summed E-state index contributed by atoms with van der Waals surface area (Å²) in [6, 6.07) is 0. The predicted molar refractivity (Wildman–Crippen MR) is 66.8 cm³/mol. The molecule has 17 heavy (non-hydrogen) atoms. The van der Waals surface area contributed by atoms with E-state index >= 15 is 0 Å². The van der Waals surface area contributed by atoms with Crippen LogP contribution in [0.15, 0.2) is 21.8 Å². The van der Waals surface area contributed by atoms with Crippen molar-refractivity contribution in [2.45, 2.75) is 46.1 Å². The summed E-state index contributed by atoms with van der Waals surface area (Å²) in [5.41, 5.74) is 0.302. The maximum atomic E-state index is 12.0. The molecule has 1 rings (SSSR count). The van der Waals surface area contributed by atoms with Gasteiger partial charge in [0.15, 0.2) is 5.78 Å². The van der Waals surface area contributed by atoms with E-state index in [1.807, 2.05) is 0 Å². The van der Waals surface area contributed by atoms with Gasteiger partial charge in [0, 0.05) is 16.7 Å². The normalized spacial score (nSPS) is 18.2. The van der Waals surface area contributed by atoms with E-state index in [1.54, 1.807) is 27.7 Å². The highest BCUT2D eigenvalue weighted by Gasteiger charge is 2.29. The summed E-state index contributed by atoms with van der Waals surface area (Å²) < 4.78 is 0. The zero-order valence-corrected chi connectivity index (χ0v) is 11.3. The topological polar surface area (TPSA) is 54.4 Å². The van der Waals surface area contributed by atoms with Crippen LogP contribution in [0.3, 0.4) is 0 Å². The fraction of sp³-hybridized carbons (Fsp3) is 0.538. The Bertz CT molecular complexity index is 436. The minimum Gasteiger partial charge on any atom is -0.390 e. The van der Waals surface area contributed by atoms with Crippen molar-refractivity contribution in [2.75, 3.05) is 0 Å². The van der Waals surface area contributed by atoms with Crippen LogP contribution in [0, 0.1) is 0 Å². The summed E-state index contributed by atoms with van der Waals surface area (Å²) in [6.45, 7) is 6.54. The Hall–Kier alpha value is -0.930. The molecule has 0 saturated carbocycles. The van der Waals surface area contributed by atoms with Gasteiger partial charge in [-0.1, -0.05) is 11.6 Å². The van der Waals surface area contributed by atoms with E-state index in [1.165, 1.54) is 0 Å². The highest BCUT2D eigenvalue weighted by molar-refractivity contribution is 6.49. The number of aliphatic hydroxyl groups is 1. The average molecular weight is 257 g/mol. The van der Waals surface area contributed by atoms with Gasteiger partial charge in [-0.2, -0.15) is 0 Å². The van der Waals surface area contributed by atoms with Crippen LogP contribution in [0.4, 0.5) is 0 Å². The van der Waals surface area contributed by atoms with Gasteiger partial charge in [-0.05, 0) is 40.5 Å². The fourth-order valence-electron chi connectivity index (χ4n) is 1.62. The standard InChI is InChI=1S/C13H17ClO3/c1-7-8(2)12(16)10(14)9(11(7)15)5-6-13(3,4)17/h17H,5-6H2,1-4H3. The molecule has 0 aromatic carbocycles. The second kappa shape index (κ2) is 4.75. The molecule has 0 fully saturated rings. The molecule has 1 aliphatic rings. The Balaban J connectivity index is 3.00. The summed E-state index contributed by atoms with van der Waals surface area (Å²) in [5.74, 6) is -0.467. The molecule has 1 N–H and O–H groups in total.